The molecule has 4 atom stereocenters. The Labute approximate surface area is 373 Å². The number of carbonyl (C=O) groups is 4. The zero-order chi connectivity index (χ0) is 43.2. The van der Waals surface area contributed by atoms with Crippen molar-refractivity contribution in [1.29, 1.82) is 0 Å². The monoisotopic (exact) mass is 946 g/mol. The summed E-state index contributed by atoms with van der Waals surface area (Å²) in [6, 6.07) is 31.0. The molecule has 2 aliphatic rings. The van der Waals surface area contributed by atoms with E-state index in [1.807, 2.05) is 83.8 Å². The van der Waals surface area contributed by atoms with E-state index < -0.39 is 24.3 Å². The summed E-state index contributed by atoms with van der Waals surface area (Å²) in [5, 5.41) is 5.49. The molecular weight excluding hydrogens is 899 g/mol. The summed E-state index contributed by atoms with van der Waals surface area (Å²) in [5.74, 6) is 0.978. The van der Waals surface area contributed by atoms with Crippen molar-refractivity contribution in [3.63, 3.8) is 0 Å². The summed E-state index contributed by atoms with van der Waals surface area (Å²) < 4.78 is 10.4. The smallest absolute Gasteiger partial charge is 0.407 e. The van der Waals surface area contributed by atoms with Crippen molar-refractivity contribution >= 4 is 46.6 Å². The maximum absolute atomic E-state index is 14.2. The lowest BCUT2D eigenvalue weighted by Crippen LogP contribution is -2.43. The largest absolute Gasteiger partial charge is 0.453 e. The third-order valence-electron chi connectivity index (χ3n) is 11.7. The van der Waals surface area contributed by atoms with Crippen molar-refractivity contribution < 1.29 is 28.7 Å². The number of alkyl carbamates (subject to hydrolysis) is 2. The Bertz CT molecular complexity index is 2530. The van der Waals surface area contributed by atoms with Gasteiger partial charge >= 0.3 is 12.2 Å². The Morgan fingerprint density at radius 1 is 0.645 bits per heavy atom. The number of amides is 4. The number of carbonyl (C=O) groups excluding carboxylic acids is 4. The van der Waals surface area contributed by atoms with Gasteiger partial charge in [-0.2, -0.15) is 0 Å². The number of halogens is 1. The SMILES string of the molecule is COC(=O)N[C@@H](C(=O)N1CCC[C@H]1c1ncc(-c2ccc(-c3ccc(-c4cnc([C@@H]5CCCN5C(=O)[C@H](NC(=O)OC)c5ccccc5CI)[nH]4)cc3)cc2)[nH]1)c1ccccc1. The molecule has 6 aromatic rings. The van der Waals surface area contributed by atoms with Crippen LogP contribution in [0.15, 0.2) is 116 Å². The van der Waals surface area contributed by atoms with Crippen LogP contribution in [-0.4, -0.2) is 81.0 Å². The first kappa shape index (κ1) is 42.2. The standard InChI is InChI=1S/C47H47IN8O6/c1-61-46(59)53-40(33-10-4-3-5-11-33)44(57)55-24-8-14-38(55)42-49-27-36(51-42)31-20-16-29(17-21-31)30-18-22-32(23-19-30)37-28-50-43(52-37)39-15-9-25-56(39)45(58)41(54-47(60)62-2)35-13-7-6-12-34(35)26-48/h3-7,10-13,16-23,27-28,38-41H,8-9,14-15,24-26H2,1-2H3,(H,49,51)(H,50,52)(H,53,59)(H,54,60)/t38-,39-,40+,41+/m0/s1. The molecule has 2 aliphatic heterocycles. The number of nitrogens with one attached hydrogen (secondary N) is 4. The van der Waals surface area contributed by atoms with Crippen LogP contribution in [0, 0.1) is 0 Å². The summed E-state index contributed by atoms with van der Waals surface area (Å²) in [4.78, 5) is 72.7. The van der Waals surface area contributed by atoms with Crippen LogP contribution in [0.1, 0.15) is 78.2 Å². The van der Waals surface area contributed by atoms with E-state index in [0.717, 1.165) is 70.5 Å². The normalized spacial score (nSPS) is 17.0. The lowest BCUT2D eigenvalue weighted by Gasteiger charge is -2.29. The topological polar surface area (TPSA) is 175 Å². The predicted octanol–water partition coefficient (Wildman–Crippen LogP) is 8.59. The molecule has 2 fully saturated rings. The van der Waals surface area contributed by atoms with Gasteiger partial charge in [-0.25, -0.2) is 19.6 Å². The fraction of sp³-hybridized carbons (Fsp3) is 0.277. The van der Waals surface area contributed by atoms with Crippen LogP contribution >= 0.6 is 22.6 Å². The first-order valence-corrected chi connectivity index (χ1v) is 22.1. The highest BCUT2D eigenvalue weighted by molar-refractivity contribution is 14.1. The van der Waals surface area contributed by atoms with E-state index in [0.29, 0.717) is 34.7 Å². The minimum Gasteiger partial charge on any atom is -0.453 e. The summed E-state index contributed by atoms with van der Waals surface area (Å²) >= 11 is 2.26. The van der Waals surface area contributed by atoms with Crippen LogP contribution in [0.25, 0.3) is 33.6 Å². The number of rotatable bonds is 12. The molecule has 318 valence electrons. The molecule has 0 bridgehead atoms. The molecular formula is C47H47IN8O6. The number of ether oxygens (including phenoxy) is 2. The van der Waals surface area contributed by atoms with Crippen molar-refractivity contribution in [2.75, 3.05) is 27.3 Å². The highest BCUT2D eigenvalue weighted by Crippen LogP contribution is 2.37. The van der Waals surface area contributed by atoms with Crippen LogP contribution < -0.4 is 10.6 Å². The number of aromatic amines is 2. The molecule has 0 saturated carbocycles. The number of benzene rings is 4. The van der Waals surface area contributed by atoms with Gasteiger partial charge in [0.25, 0.3) is 11.8 Å². The van der Waals surface area contributed by atoms with Crippen LogP contribution in [0.2, 0.25) is 0 Å². The van der Waals surface area contributed by atoms with Crippen LogP contribution in [0.3, 0.4) is 0 Å². The molecule has 0 unspecified atom stereocenters. The average molecular weight is 947 g/mol. The lowest BCUT2D eigenvalue weighted by molar-refractivity contribution is -0.135. The number of likely N-dealkylation sites (tertiary alicyclic amines) is 2. The van der Waals surface area contributed by atoms with Gasteiger partial charge in [0.05, 0.1) is 50.1 Å². The van der Waals surface area contributed by atoms with Gasteiger partial charge in [0.2, 0.25) is 0 Å². The third kappa shape index (κ3) is 8.93. The minimum absolute atomic E-state index is 0.201. The molecule has 0 aliphatic carbocycles. The summed E-state index contributed by atoms with van der Waals surface area (Å²) in [6.07, 6.45) is 5.38. The fourth-order valence-electron chi connectivity index (χ4n) is 8.45. The average Bonchev–Trinajstić information content (AvgIpc) is 4.17. The predicted molar refractivity (Wildman–Crippen MR) is 242 cm³/mol. The van der Waals surface area contributed by atoms with Crippen LogP contribution in [-0.2, 0) is 23.5 Å². The second-order valence-corrected chi connectivity index (χ2v) is 16.0. The first-order chi connectivity index (χ1) is 30.3. The number of hydrogen-bond acceptors (Lipinski definition) is 8. The molecule has 4 heterocycles. The van der Waals surface area contributed by atoms with E-state index in [1.165, 1.54) is 14.2 Å². The third-order valence-corrected chi connectivity index (χ3v) is 12.5. The van der Waals surface area contributed by atoms with E-state index in [1.54, 1.807) is 17.3 Å². The zero-order valence-electron chi connectivity index (χ0n) is 34.3. The maximum Gasteiger partial charge on any atom is 0.407 e. The molecule has 2 aromatic heterocycles. The molecule has 2 saturated heterocycles. The Kier molecular flexibility index (Phi) is 13.0. The maximum atomic E-state index is 14.2. The zero-order valence-corrected chi connectivity index (χ0v) is 36.5. The summed E-state index contributed by atoms with van der Waals surface area (Å²) in [6.45, 7) is 1.10. The van der Waals surface area contributed by atoms with E-state index in [-0.39, 0.29) is 23.9 Å². The van der Waals surface area contributed by atoms with Gasteiger partial charge in [0.1, 0.15) is 23.7 Å². The van der Waals surface area contributed by atoms with Crippen molar-refractivity contribution in [3.8, 4) is 33.6 Å². The Morgan fingerprint density at radius 3 is 1.60 bits per heavy atom. The molecule has 62 heavy (non-hydrogen) atoms. The Hall–Kier alpha value is -6.49. The molecule has 4 N–H and O–H groups in total. The van der Waals surface area contributed by atoms with Crippen molar-refractivity contribution in [2.45, 2.75) is 54.3 Å². The molecule has 14 nitrogen and oxygen atoms in total. The number of aromatic nitrogens is 4. The van der Waals surface area contributed by atoms with E-state index in [4.69, 9.17) is 19.4 Å². The molecule has 0 spiro atoms. The number of imidazole rings is 2. The quantitative estimate of drug-likeness (QED) is 0.0697. The minimum atomic E-state index is -0.889. The molecule has 0 radical (unpaired) electrons. The van der Waals surface area contributed by atoms with E-state index >= 15 is 0 Å². The number of alkyl halides is 1. The van der Waals surface area contributed by atoms with Gasteiger partial charge in [0, 0.05) is 17.5 Å². The molecule has 4 amide bonds. The fourth-order valence-corrected chi connectivity index (χ4v) is 9.14. The summed E-state index contributed by atoms with van der Waals surface area (Å²) in [7, 11) is 2.57. The number of methoxy groups -OCH3 is 2. The van der Waals surface area contributed by atoms with Gasteiger partial charge in [-0.1, -0.05) is 126 Å². The summed E-state index contributed by atoms with van der Waals surface area (Å²) in [5.41, 5.74) is 8.09. The van der Waals surface area contributed by atoms with Gasteiger partial charge in [-0.3, -0.25) is 9.59 Å². The van der Waals surface area contributed by atoms with E-state index in [9.17, 15) is 19.2 Å². The van der Waals surface area contributed by atoms with Crippen LogP contribution in [0.4, 0.5) is 9.59 Å². The number of H-pyrrole nitrogens is 2. The van der Waals surface area contributed by atoms with Crippen molar-refractivity contribution in [3.05, 3.63) is 144 Å². The highest BCUT2D eigenvalue weighted by Gasteiger charge is 2.39. The Balaban J connectivity index is 0.934. The van der Waals surface area contributed by atoms with Gasteiger partial charge in [-0.15, -0.1) is 0 Å². The van der Waals surface area contributed by atoms with Crippen LogP contribution in [0.5, 0.6) is 0 Å². The second-order valence-electron chi connectivity index (χ2n) is 15.3. The first-order valence-electron chi connectivity index (χ1n) is 20.6. The van der Waals surface area contributed by atoms with Gasteiger partial charge < -0.3 is 39.9 Å². The van der Waals surface area contributed by atoms with Crippen molar-refractivity contribution in [2.24, 2.45) is 0 Å². The number of hydrogen-bond donors (Lipinski definition) is 4. The molecule has 15 heteroatoms. The van der Waals surface area contributed by atoms with Crippen molar-refractivity contribution in [1.82, 2.24) is 40.4 Å². The van der Waals surface area contributed by atoms with Gasteiger partial charge in [-0.05, 0) is 64.6 Å². The lowest BCUT2D eigenvalue weighted by atomic mass is 10.00. The Morgan fingerprint density at radius 2 is 1.10 bits per heavy atom. The second kappa shape index (κ2) is 19.1. The highest BCUT2D eigenvalue weighted by atomic mass is 127. The van der Waals surface area contributed by atoms with Gasteiger partial charge in [0.15, 0.2) is 0 Å². The molecule has 8 rings (SSSR count). The van der Waals surface area contributed by atoms with E-state index in [2.05, 4.69) is 67.5 Å². The number of nitrogens with zero attached hydrogens (tertiary/aromatic N) is 4. The molecule has 4 aromatic carbocycles.